The lowest BCUT2D eigenvalue weighted by molar-refractivity contribution is -0.122. The van der Waals surface area contributed by atoms with Crippen molar-refractivity contribution in [2.75, 3.05) is 13.1 Å². The molecule has 23 heavy (non-hydrogen) atoms. The van der Waals surface area contributed by atoms with Crippen molar-refractivity contribution in [1.29, 1.82) is 0 Å². The lowest BCUT2D eigenvalue weighted by Gasteiger charge is -2.25. The molecule has 3 rings (SSSR count). The Labute approximate surface area is 138 Å². The smallest absolute Gasteiger partial charge is 0.220 e. The van der Waals surface area contributed by atoms with E-state index >= 15 is 0 Å². The van der Waals surface area contributed by atoms with E-state index in [-0.39, 0.29) is 17.8 Å². The normalized spacial score (nSPS) is 23.1. The molecule has 1 heterocycles. The molecule has 1 aliphatic carbocycles. The Hall–Kier alpha value is -1.42. The number of amides is 1. The molecule has 3 nitrogen and oxygen atoms in total. The van der Waals surface area contributed by atoms with Crippen LogP contribution in [0.15, 0.2) is 24.3 Å². The standard InChI is InChI=1S/C19H27FN2O/c20-17-8-6-16(7-9-17)19(15-3-1-2-4-15)22-18(23)10-5-14-11-12-21-13-14/h6-9,14-15,19,21H,1-5,10-13H2,(H,22,23). The van der Waals surface area contributed by atoms with Crippen LogP contribution in [0.1, 0.15) is 56.6 Å². The Bertz CT molecular complexity index is 505. The van der Waals surface area contributed by atoms with Crippen LogP contribution in [0, 0.1) is 17.7 Å². The number of benzene rings is 1. The van der Waals surface area contributed by atoms with Crippen LogP contribution in [0.25, 0.3) is 0 Å². The van der Waals surface area contributed by atoms with Gasteiger partial charge in [0.1, 0.15) is 5.82 Å². The first-order valence-electron chi connectivity index (χ1n) is 8.98. The summed E-state index contributed by atoms with van der Waals surface area (Å²) in [4.78, 5) is 12.4. The summed E-state index contributed by atoms with van der Waals surface area (Å²) >= 11 is 0. The van der Waals surface area contributed by atoms with Crippen LogP contribution in [-0.4, -0.2) is 19.0 Å². The van der Waals surface area contributed by atoms with Gasteiger partial charge in [-0.15, -0.1) is 0 Å². The van der Waals surface area contributed by atoms with Gasteiger partial charge in [0.2, 0.25) is 5.91 Å². The van der Waals surface area contributed by atoms with Gasteiger partial charge in [-0.1, -0.05) is 25.0 Å². The van der Waals surface area contributed by atoms with Gasteiger partial charge in [0.25, 0.3) is 0 Å². The predicted octanol–water partition coefficient (Wildman–Crippen LogP) is 3.56. The van der Waals surface area contributed by atoms with Gasteiger partial charge in [0, 0.05) is 6.42 Å². The maximum Gasteiger partial charge on any atom is 0.220 e. The molecule has 4 heteroatoms. The summed E-state index contributed by atoms with van der Waals surface area (Å²) in [5.41, 5.74) is 1.04. The zero-order chi connectivity index (χ0) is 16.1. The van der Waals surface area contributed by atoms with Gasteiger partial charge in [0.05, 0.1) is 6.04 Å². The lowest BCUT2D eigenvalue weighted by atomic mass is 9.91. The van der Waals surface area contributed by atoms with Gasteiger partial charge in [-0.3, -0.25) is 4.79 Å². The summed E-state index contributed by atoms with van der Waals surface area (Å²) in [6, 6.07) is 6.66. The van der Waals surface area contributed by atoms with E-state index in [0.29, 0.717) is 18.3 Å². The first-order valence-corrected chi connectivity index (χ1v) is 8.98. The molecule has 2 fully saturated rings. The minimum absolute atomic E-state index is 0.0345. The van der Waals surface area contributed by atoms with E-state index in [1.165, 1.54) is 31.4 Å². The molecular weight excluding hydrogens is 291 g/mol. The van der Waals surface area contributed by atoms with E-state index in [1.54, 1.807) is 0 Å². The first-order chi connectivity index (χ1) is 11.2. The molecule has 0 radical (unpaired) electrons. The van der Waals surface area contributed by atoms with Crippen molar-refractivity contribution < 1.29 is 9.18 Å². The molecule has 2 aliphatic rings. The van der Waals surface area contributed by atoms with Crippen molar-refractivity contribution in [1.82, 2.24) is 10.6 Å². The summed E-state index contributed by atoms with van der Waals surface area (Å²) in [6.07, 6.45) is 7.48. The molecule has 0 spiro atoms. The van der Waals surface area contributed by atoms with Crippen LogP contribution in [0.4, 0.5) is 4.39 Å². The fourth-order valence-corrected chi connectivity index (χ4v) is 3.98. The number of carbonyl (C=O) groups is 1. The zero-order valence-corrected chi connectivity index (χ0v) is 13.7. The number of carbonyl (C=O) groups excluding carboxylic acids is 1. The van der Waals surface area contributed by atoms with Gasteiger partial charge in [-0.2, -0.15) is 0 Å². The Morgan fingerprint density at radius 3 is 2.61 bits per heavy atom. The van der Waals surface area contributed by atoms with Gasteiger partial charge in [-0.25, -0.2) is 4.39 Å². The van der Waals surface area contributed by atoms with Crippen LogP contribution in [0.5, 0.6) is 0 Å². The van der Waals surface area contributed by atoms with E-state index in [4.69, 9.17) is 0 Å². The fraction of sp³-hybridized carbons (Fsp3) is 0.632. The molecule has 2 atom stereocenters. The monoisotopic (exact) mass is 318 g/mol. The fourth-order valence-electron chi connectivity index (χ4n) is 3.98. The summed E-state index contributed by atoms with van der Waals surface area (Å²) < 4.78 is 13.2. The van der Waals surface area contributed by atoms with Crippen LogP contribution >= 0.6 is 0 Å². The Morgan fingerprint density at radius 2 is 1.96 bits per heavy atom. The highest BCUT2D eigenvalue weighted by Crippen LogP contribution is 2.36. The third kappa shape index (κ3) is 4.54. The minimum atomic E-state index is -0.223. The van der Waals surface area contributed by atoms with Crippen LogP contribution in [0.2, 0.25) is 0 Å². The van der Waals surface area contributed by atoms with E-state index in [2.05, 4.69) is 10.6 Å². The highest BCUT2D eigenvalue weighted by Gasteiger charge is 2.28. The molecule has 1 aromatic rings. The topological polar surface area (TPSA) is 41.1 Å². The number of hydrogen-bond acceptors (Lipinski definition) is 2. The van der Waals surface area contributed by atoms with Crippen molar-refractivity contribution in [2.45, 2.75) is 51.0 Å². The maximum absolute atomic E-state index is 13.2. The third-order valence-electron chi connectivity index (χ3n) is 5.36. The lowest BCUT2D eigenvalue weighted by Crippen LogP contribution is -2.33. The van der Waals surface area contributed by atoms with Crippen molar-refractivity contribution in [2.24, 2.45) is 11.8 Å². The highest BCUT2D eigenvalue weighted by atomic mass is 19.1. The van der Waals surface area contributed by atoms with Crippen molar-refractivity contribution in [3.8, 4) is 0 Å². The molecule has 1 saturated carbocycles. The molecule has 1 aromatic carbocycles. The quantitative estimate of drug-likeness (QED) is 0.842. The van der Waals surface area contributed by atoms with Gasteiger partial charge >= 0.3 is 0 Å². The number of hydrogen-bond donors (Lipinski definition) is 2. The van der Waals surface area contributed by atoms with Gasteiger partial charge in [-0.05, 0) is 68.3 Å². The summed E-state index contributed by atoms with van der Waals surface area (Å²) in [5, 5.41) is 6.58. The largest absolute Gasteiger partial charge is 0.349 e. The molecular formula is C19H27FN2O. The Kier molecular flexibility index (Phi) is 5.65. The third-order valence-corrected chi connectivity index (χ3v) is 5.36. The maximum atomic E-state index is 13.2. The van der Waals surface area contributed by atoms with Crippen LogP contribution in [0.3, 0.4) is 0 Å². The second-order valence-corrected chi connectivity index (χ2v) is 7.04. The average molecular weight is 318 g/mol. The Morgan fingerprint density at radius 1 is 1.22 bits per heavy atom. The number of rotatable bonds is 6. The highest BCUT2D eigenvalue weighted by molar-refractivity contribution is 5.76. The predicted molar refractivity (Wildman–Crippen MR) is 89.5 cm³/mol. The van der Waals surface area contributed by atoms with Crippen molar-refractivity contribution in [3.63, 3.8) is 0 Å². The Balaban J connectivity index is 1.60. The van der Waals surface area contributed by atoms with Gasteiger partial charge < -0.3 is 10.6 Å². The summed E-state index contributed by atoms with van der Waals surface area (Å²) in [7, 11) is 0. The molecule has 126 valence electrons. The molecule has 2 N–H and O–H groups in total. The van der Waals surface area contributed by atoms with E-state index in [1.807, 2.05) is 12.1 Å². The van der Waals surface area contributed by atoms with Crippen LogP contribution < -0.4 is 10.6 Å². The van der Waals surface area contributed by atoms with Crippen LogP contribution in [-0.2, 0) is 4.79 Å². The first kappa shape index (κ1) is 16.4. The average Bonchev–Trinajstić information content (AvgIpc) is 3.25. The van der Waals surface area contributed by atoms with Gasteiger partial charge in [0.15, 0.2) is 0 Å². The van der Waals surface area contributed by atoms with Crippen molar-refractivity contribution in [3.05, 3.63) is 35.6 Å². The van der Waals surface area contributed by atoms with E-state index in [0.717, 1.165) is 37.9 Å². The summed E-state index contributed by atoms with van der Waals surface area (Å²) in [6.45, 7) is 2.11. The minimum Gasteiger partial charge on any atom is -0.349 e. The molecule has 0 aromatic heterocycles. The summed E-state index contributed by atoms with van der Waals surface area (Å²) in [5.74, 6) is 1.03. The molecule has 1 saturated heterocycles. The number of halogens is 1. The van der Waals surface area contributed by atoms with Crippen molar-refractivity contribution >= 4 is 5.91 Å². The zero-order valence-electron chi connectivity index (χ0n) is 13.7. The second kappa shape index (κ2) is 7.91. The molecule has 0 bridgehead atoms. The van der Waals surface area contributed by atoms with E-state index in [9.17, 15) is 9.18 Å². The molecule has 1 aliphatic heterocycles. The second-order valence-electron chi connectivity index (χ2n) is 7.04. The molecule has 1 amide bonds. The SMILES string of the molecule is O=C(CCC1CCNC1)NC(c1ccc(F)cc1)C1CCCC1. The number of nitrogens with one attached hydrogen (secondary N) is 2. The molecule has 2 unspecified atom stereocenters. The van der Waals surface area contributed by atoms with E-state index < -0.39 is 0 Å².